The Morgan fingerprint density at radius 1 is 1.42 bits per heavy atom. The number of alkyl halides is 3. The molecule has 19 heavy (non-hydrogen) atoms. The van der Waals surface area contributed by atoms with E-state index in [2.05, 4.69) is 9.89 Å². The first kappa shape index (κ1) is 15.0. The van der Waals surface area contributed by atoms with Crippen LogP contribution in [-0.2, 0) is 22.1 Å². The Hall–Kier alpha value is -2.05. The standard InChI is InChI=1S/C12H12F3NO3/c1-19-11(17)10(16-18)6-5-8-3-2-4-9(7-8)12(13,14)15/h2-4,7,18H,5-6H2,1H3/b16-10-. The van der Waals surface area contributed by atoms with Crippen LogP contribution in [0.25, 0.3) is 0 Å². The Morgan fingerprint density at radius 3 is 2.63 bits per heavy atom. The maximum atomic E-state index is 12.5. The smallest absolute Gasteiger partial charge is 0.416 e. The molecule has 0 atom stereocenters. The van der Waals surface area contributed by atoms with Gasteiger partial charge in [-0.1, -0.05) is 23.4 Å². The van der Waals surface area contributed by atoms with Gasteiger partial charge in [-0.15, -0.1) is 0 Å². The molecule has 0 aliphatic heterocycles. The van der Waals surface area contributed by atoms with Gasteiger partial charge in [0, 0.05) is 6.42 Å². The topological polar surface area (TPSA) is 58.9 Å². The van der Waals surface area contributed by atoms with Gasteiger partial charge in [0.15, 0.2) is 5.71 Å². The fourth-order valence-electron chi connectivity index (χ4n) is 1.48. The van der Waals surface area contributed by atoms with Crippen molar-refractivity contribution in [2.75, 3.05) is 7.11 Å². The van der Waals surface area contributed by atoms with Gasteiger partial charge in [-0.05, 0) is 18.1 Å². The minimum atomic E-state index is -4.41. The molecule has 0 amide bonds. The molecule has 0 aliphatic rings. The second-order valence-corrected chi connectivity index (χ2v) is 3.74. The van der Waals surface area contributed by atoms with E-state index >= 15 is 0 Å². The van der Waals surface area contributed by atoms with E-state index in [1.54, 1.807) is 0 Å². The van der Waals surface area contributed by atoms with Crippen LogP contribution in [0.15, 0.2) is 29.4 Å². The lowest BCUT2D eigenvalue weighted by Crippen LogP contribution is -2.16. The summed E-state index contributed by atoms with van der Waals surface area (Å²) in [6, 6.07) is 4.74. The molecule has 0 saturated carbocycles. The Morgan fingerprint density at radius 2 is 2.11 bits per heavy atom. The lowest BCUT2D eigenvalue weighted by Gasteiger charge is -2.08. The first-order valence-corrected chi connectivity index (χ1v) is 5.34. The highest BCUT2D eigenvalue weighted by molar-refractivity contribution is 6.36. The summed E-state index contributed by atoms with van der Waals surface area (Å²) >= 11 is 0. The molecule has 0 saturated heterocycles. The van der Waals surface area contributed by atoms with Gasteiger partial charge in [-0.25, -0.2) is 4.79 Å². The highest BCUT2D eigenvalue weighted by Gasteiger charge is 2.30. The molecule has 1 N–H and O–H groups in total. The van der Waals surface area contributed by atoms with Gasteiger partial charge in [0.1, 0.15) is 0 Å². The van der Waals surface area contributed by atoms with Crippen LogP contribution in [0.1, 0.15) is 17.5 Å². The van der Waals surface area contributed by atoms with Crippen LogP contribution in [0.5, 0.6) is 0 Å². The van der Waals surface area contributed by atoms with Crippen molar-refractivity contribution in [1.29, 1.82) is 0 Å². The first-order valence-electron chi connectivity index (χ1n) is 5.34. The van der Waals surface area contributed by atoms with Crippen molar-refractivity contribution in [1.82, 2.24) is 0 Å². The maximum absolute atomic E-state index is 12.5. The van der Waals surface area contributed by atoms with Gasteiger partial charge in [0.25, 0.3) is 0 Å². The number of carbonyl (C=O) groups is 1. The van der Waals surface area contributed by atoms with Crippen LogP contribution in [0.3, 0.4) is 0 Å². The van der Waals surface area contributed by atoms with Crippen molar-refractivity contribution in [3.63, 3.8) is 0 Å². The van der Waals surface area contributed by atoms with Gasteiger partial charge >= 0.3 is 12.1 Å². The van der Waals surface area contributed by atoms with Gasteiger partial charge in [-0.2, -0.15) is 13.2 Å². The second-order valence-electron chi connectivity index (χ2n) is 3.74. The minimum Gasteiger partial charge on any atom is -0.464 e. The third-order valence-electron chi connectivity index (χ3n) is 2.45. The third-order valence-corrected chi connectivity index (χ3v) is 2.45. The zero-order chi connectivity index (χ0) is 14.5. The van der Waals surface area contributed by atoms with E-state index in [9.17, 15) is 18.0 Å². The van der Waals surface area contributed by atoms with Gasteiger partial charge in [0.2, 0.25) is 0 Å². The van der Waals surface area contributed by atoms with Crippen molar-refractivity contribution in [3.8, 4) is 0 Å². The highest BCUT2D eigenvalue weighted by atomic mass is 19.4. The predicted molar refractivity (Wildman–Crippen MR) is 61.0 cm³/mol. The molecule has 1 aromatic rings. The molecular weight excluding hydrogens is 263 g/mol. The number of esters is 1. The number of rotatable bonds is 4. The normalized spacial score (nSPS) is 12.3. The number of halogens is 3. The number of aryl methyl sites for hydroxylation is 1. The summed E-state index contributed by atoms with van der Waals surface area (Å²) in [5.74, 6) is -0.811. The zero-order valence-corrected chi connectivity index (χ0v) is 10.1. The number of nitrogens with zero attached hydrogens (tertiary/aromatic N) is 1. The van der Waals surface area contributed by atoms with E-state index in [0.717, 1.165) is 19.2 Å². The van der Waals surface area contributed by atoms with E-state index in [4.69, 9.17) is 5.21 Å². The van der Waals surface area contributed by atoms with Crippen LogP contribution in [0.4, 0.5) is 13.2 Å². The summed E-state index contributed by atoms with van der Waals surface area (Å²) in [7, 11) is 1.12. The summed E-state index contributed by atoms with van der Waals surface area (Å²) in [5, 5.41) is 11.4. The Labute approximate surface area is 107 Å². The van der Waals surface area contributed by atoms with E-state index in [1.807, 2.05) is 0 Å². The lowest BCUT2D eigenvalue weighted by molar-refractivity contribution is -0.137. The number of oxime groups is 1. The molecule has 0 aliphatic carbocycles. The summed E-state index contributed by atoms with van der Waals surface area (Å²) in [6.07, 6.45) is -4.28. The highest BCUT2D eigenvalue weighted by Crippen LogP contribution is 2.29. The Kier molecular flexibility index (Phi) is 4.91. The number of hydrogen-bond donors (Lipinski definition) is 1. The van der Waals surface area contributed by atoms with Crippen LogP contribution < -0.4 is 0 Å². The van der Waals surface area contributed by atoms with Crippen molar-refractivity contribution < 1.29 is 27.9 Å². The molecule has 1 aromatic carbocycles. The van der Waals surface area contributed by atoms with Crippen molar-refractivity contribution in [2.24, 2.45) is 5.16 Å². The zero-order valence-electron chi connectivity index (χ0n) is 10.1. The first-order chi connectivity index (χ1) is 8.88. The van der Waals surface area contributed by atoms with Crippen LogP contribution in [0.2, 0.25) is 0 Å². The summed E-state index contributed by atoms with van der Waals surface area (Å²) < 4.78 is 41.8. The maximum Gasteiger partial charge on any atom is 0.416 e. The molecule has 7 heteroatoms. The molecule has 0 heterocycles. The average Bonchev–Trinajstić information content (AvgIpc) is 2.38. The van der Waals surface area contributed by atoms with Crippen LogP contribution in [0, 0.1) is 0 Å². The quantitative estimate of drug-likeness (QED) is 0.398. The Bertz CT molecular complexity index is 483. The third kappa shape index (κ3) is 4.27. The van der Waals surface area contributed by atoms with Crippen molar-refractivity contribution >= 4 is 11.7 Å². The largest absolute Gasteiger partial charge is 0.464 e. The van der Waals surface area contributed by atoms with E-state index < -0.39 is 17.7 Å². The van der Waals surface area contributed by atoms with Crippen molar-refractivity contribution in [3.05, 3.63) is 35.4 Å². The van der Waals surface area contributed by atoms with Crippen LogP contribution >= 0.6 is 0 Å². The van der Waals surface area contributed by atoms with Gasteiger partial charge in [-0.3, -0.25) is 0 Å². The number of ether oxygens (including phenoxy) is 1. The van der Waals surface area contributed by atoms with Crippen molar-refractivity contribution in [2.45, 2.75) is 19.0 Å². The van der Waals surface area contributed by atoms with E-state index in [-0.39, 0.29) is 18.6 Å². The summed E-state index contributed by atoms with van der Waals surface area (Å²) in [6.45, 7) is 0. The number of methoxy groups -OCH3 is 1. The summed E-state index contributed by atoms with van der Waals surface area (Å²) in [4.78, 5) is 11.1. The molecule has 1 rings (SSSR count). The molecule has 0 radical (unpaired) electrons. The number of benzene rings is 1. The predicted octanol–water partition coefficient (Wildman–Crippen LogP) is 2.64. The fraction of sp³-hybridized carbons (Fsp3) is 0.333. The molecule has 0 bridgehead atoms. The monoisotopic (exact) mass is 275 g/mol. The molecule has 4 nitrogen and oxygen atoms in total. The molecular formula is C12H12F3NO3. The van der Waals surface area contributed by atoms with E-state index in [0.29, 0.717) is 5.56 Å². The Balaban J connectivity index is 2.76. The SMILES string of the molecule is COC(=O)/C(CCc1cccc(C(F)(F)F)c1)=N\O. The summed E-state index contributed by atoms with van der Waals surface area (Å²) in [5.41, 5.74) is -0.606. The molecule has 104 valence electrons. The molecule has 0 spiro atoms. The van der Waals surface area contributed by atoms with Gasteiger partial charge < -0.3 is 9.94 Å². The molecule has 0 unspecified atom stereocenters. The van der Waals surface area contributed by atoms with E-state index in [1.165, 1.54) is 12.1 Å². The lowest BCUT2D eigenvalue weighted by atomic mass is 10.0. The molecule has 0 aromatic heterocycles. The minimum absolute atomic E-state index is 0.00944. The fourth-order valence-corrected chi connectivity index (χ4v) is 1.48. The number of hydrogen-bond acceptors (Lipinski definition) is 4. The van der Waals surface area contributed by atoms with Crippen LogP contribution in [-0.4, -0.2) is 24.0 Å². The number of carbonyl (C=O) groups excluding carboxylic acids is 1. The van der Waals surface area contributed by atoms with Gasteiger partial charge in [0.05, 0.1) is 12.7 Å². The molecule has 0 fully saturated rings. The average molecular weight is 275 g/mol. The second kappa shape index (κ2) is 6.21.